The average Bonchev–Trinajstić information content (AvgIpc) is 2.93. The fraction of sp³-hybridized carbons (Fsp3) is 0.385. The Bertz CT molecular complexity index is 548. The summed E-state index contributed by atoms with van der Waals surface area (Å²) in [6.45, 7) is 4.57. The van der Waals surface area contributed by atoms with Crippen molar-refractivity contribution in [1.29, 1.82) is 0 Å². The number of carbonyl (C=O) groups excluding carboxylic acids is 1. The topological polar surface area (TPSA) is 92.8 Å². The Kier molecular flexibility index (Phi) is 4.65. The molecule has 0 spiro atoms. The highest BCUT2D eigenvalue weighted by atomic mass is 16.5. The summed E-state index contributed by atoms with van der Waals surface area (Å²) in [5.41, 5.74) is 2.13. The monoisotopic (exact) mass is 275 g/mol. The van der Waals surface area contributed by atoms with E-state index in [1.54, 1.807) is 0 Å². The van der Waals surface area contributed by atoms with E-state index in [0.717, 1.165) is 16.9 Å². The van der Waals surface area contributed by atoms with E-state index >= 15 is 0 Å². The number of nitrogens with zero attached hydrogens (tertiary/aromatic N) is 3. The van der Waals surface area contributed by atoms with Crippen LogP contribution in [0.4, 0.5) is 0 Å². The minimum absolute atomic E-state index is 0.110. The van der Waals surface area contributed by atoms with Gasteiger partial charge in [-0.25, -0.2) is 0 Å². The third-order valence-corrected chi connectivity index (χ3v) is 2.82. The number of aromatic amines is 1. The molecule has 1 heterocycles. The van der Waals surface area contributed by atoms with E-state index < -0.39 is 0 Å². The van der Waals surface area contributed by atoms with Crippen molar-refractivity contribution < 1.29 is 9.53 Å². The van der Waals surface area contributed by atoms with Crippen LogP contribution in [0, 0.1) is 13.8 Å². The van der Waals surface area contributed by atoms with Crippen LogP contribution in [0.5, 0.6) is 5.75 Å². The van der Waals surface area contributed by atoms with Gasteiger partial charge >= 0.3 is 0 Å². The summed E-state index contributed by atoms with van der Waals surface area (Å²) in [6, 6.07) is 5.95. The number of para-hydroxylation sites is 1. The Morgan fingerprint density at radius 3 is 2.75 bits per heavy atom. The minimum atomic E-state index is -0.110. The third kappa shape index (κ3) is 3.78. The zero-order valence-corrected chi connectivity index (χ0v) is 11.5. The van der Waals surface area contributed by atoms with E-state index in [0.29, 0.717) is 12.4 Å². The molecule has 0 bridgehead atoms. The predicted octanol–water partition coefficient (Wildman–Crippen LogP) is 0.902. The number of ether oxygens (including phenoxy) is 1. The second-order valence-corrected chi connectivity index (χ2v) is 4.42. The molecular weight excluding hydrogens is 258 g/mol. The summed E-state index contributed by atoms with van der Waals surface area (Å²) in [5, 5.41) is 15.9. The van der Waals surface area contributed by atoms with Gasteiger partial charge in [0.25, 0.3) is 0 Å². The van der Waals surface area contributed by atoms with Crippen molar-refractivity contribution in [2.75, 3.05) is 6.61 Å². The maximum Gasteiger partial charge on any atom is 0.223 e. The van der Waals surface area contributed by atoms with Crippen LogP contribution < -0.4 is 10.1 Å². The van der Waals surface area contributed by atoms with Crippen molar-refractivity contribution in [2.24, 2.45) is 0 Å². The van der Waals surface area contributed by atoms with Gasteiger partial charge in [-0.15, -0.1) is 10.2 Å². The molecule has 0 unspecified atom stereocenters. The lowest BCUT2D eigenvalue weighted by atomic mass is 10.1. The molecule has 0 atom stereocenters. The molecule has 0 fully saturated rings. The number of hydrogen-bond acceptors (Lipinski definition) is 5. The molecule has 1 amide bonds. The van der Waals surface area contributed by atoms with Crippen LogP contribution in [-0.4, -0.2) is 33.1 Å². The van der Waals surface area contributed by atoms with Gasteiger partial charge in [-0.3, -0.25) is 4.79 Å². The molecule has 1 aromatic heterocycles. The third-order valence-electron chi connectivity index (χ3n) is 2.82. The predicted molar refractivity (Wildman–Crippen MR) is 72.1 cm³/mol. The van der Waals surface area contributed by atoms with Crippen LogP contribution in [0.1, 0.15) is 23.4 Å². The quantitative estimate of drug-likeness (QED) is 0.817. The number of H-pyrrole nitrogens is 1. The van der Waals surface area contributed by atoms with E-state index in [1.165, 1.54) is 0 Å². The maximum atomic E-state index is 11.6. The van der Waals surface area contributed by atoms with Gasteiger partial charge in [0.15, 0.2) is 5.82 Å². The highest BCUT2D eigenvalue weighted by Gasteiger charge is 2.06. The molecule has 7 heteroatoms. The molecule has 106 valence electrons. The summed E-state index contributed by atoms with van der Waals surface area (Å²) in [7, 11) is 0. The van der Waals surface area contributed by atoms with Gasteiger partial charge in [-0.1, -0.05) is 23.4 Å². The lowest BCUT2D eigenvalue weighted by Crippen LogP contribution is -2.25. The Morgan fingerprint density at radius 1 is 1.35 bits per heavy atom. The molecule has 0 aliphatic rings. The lowest BCUT2D eigenvalue weighted by Gasteiger charge is -2.11. The zero-order chi connectivity index (χ0) is 14.4. The van der Waals surface area contributed by atoms with Gasteiger partial charge in [-0.2, -0.15) is 5.21 Å². The highest BCUT2D eigenvalue weighted by molar-refractivity contribution is 5.75. The second-order valence-electron chi connectivity index (χ2n) is 4.42. The van der Waals surface area contributed by atoms with E-state index in [-0.39, 0.29) is 18.9 Å². The zero-order valence-electron chi connectivity index (χ0n) is 11.5. The number of aryl methyl sites for hydroxylation is 2. The summed E-state index contributed by atoms with van der Waals surface area (Å²) >= 11 is 0. The lowest BCUT2D eigenvalue weighted by molar-refractivity contribution is -0.121. The normalized spacial score (nSPS) is 10.3. The molecule has 0 radical (unpaired) electrons. The first-order valence-corrected chi connectivity index (χ1v) is 6.35. The Balaban J connectivity index is 1.74. The summed E-state index contributed by atoms with van der Waals surface area (Å²) in [4.78, 5) is 11.6. The minimum Gasteiger partial charge on any atom is -0.493 e. The average molecular weight is 275 g/mol. The molecule has 1 aromatic carbocycles. The summed E-state index contributed by atoms with van der Waals surface area (Å²) in [5.74, 6) is 1.19. The Hall–Kier alpha value is -2.44. The number of hydrogen-bond donors (Lipinski definition) is 2. The number of nitrogens with one attached hydrogen (secondary N) is 2. The van der Waals surface area contributed by atoms with Crippen LogP contribution in [0.25, 0.3) is 0 Å². The van der Waals surface area contributed by atoms with Gasteiger partial charge in [-0.05, 0) is 25.0 Å². The number of aromatic nitrogens is 4. The van der Waals surface area contributed by atoms with Crippen LogP contribution in [0.3, 0.4) is 0 Å². The first-order valence-electron chi connectivity index (χ1n) is 6.35. The fourth-order valence-electron chi connectivity index (χ4n) is 1.80. The van der Waals surface area contributed by atoms with Crippen molar-refractivity contribution >= 4 is 5.91 Å². The van der Waals surface area contributed by atoms with E-state index in [9.17, 15) is 4.79 Å². The van der Waals surface area contributed by atoms with Crippen molar-refractivity contribution in [3.63, 3.8) is 0 Å². The number of carbonyl (C=O) groups is 1. The number of benzene rings is 1. The molecule has 20 heavy (non-hydrogen) atoms. The first-order chi connectivity index (χ1) is 9.66. The first kappa shape index (κ1) is 14.0. The molecule has 2 aromatic rings. The van der Waals surface area contributed by atoms with E-state index in [2.05, 4.69) is 25.9 Å². The van der Waals surface area contributed by atoms with Crippen LogP contribution in [-0.2, 0) is 11.3 Å². The van der Waals surface area contributed by atoms with E-state index in [1.807, 2.05) is 32.0 Å². The van der Waals surface area contributed by atoms with Crippen molar-refractivity contribution in [3.05, 3.63) is 35.2 Å². The molecule has 2 rings (SSSR count). The number of tetrazole rings is 1. The number of rotatable bonds is 6. The highest BCUT2D eigenvalue weighted by Crippen LogP contribution is 2.22. The van der Waals surface area contributed by atoms with Gasteiger partial charge in [0.05, 0.1) is 19.6 Å². The SMILES string of the molecule is Cc1cccc(C)c1OCCC(=O)NCc1nn[nH]n1. The summed E-state index contributed by atoms with van der Waals surface area (Å²) < 4.78 is 5.66. The number of amides is 1. The smallest absolute Gasteiger partial charge is 0.223 e. The molecule has 0 saturated heterocycles. The van der Waals surface area contributed by atoms with Gasteiger partial charge in [0.1, 0.15) is 5.75 Å². The standard InChI is InChI=1S/C13H17N5O2/c1-9-4-3-5-10(2)13(9)20-7-6-12(19)14-8-11-15-17-18-16-11/h3-5H,6-8H2,1-2H3,(H,14,19)(H,15,16,17,18). The van der Waals surface area contributed by atoms with Crippen LogP contribution >= 0.6 is 0 Å². The van der Waals surface area contributed by atoms with Crippen LogP contribution in [0.2, 0.25) is 0 Å². The van der Waals surface area contributed by atoms with Crippen molar-refractivity contribution in [2.45, 2.75) is 26.8 Å². The molecule has 0 saturated carbocycles. The van der Waals surface area contributed by atoms with E-state index in [4.69, 9.17) is 4.74 Å². The summed E-state index contributed by atoms with van der Waals surface area (Å²) in [6.07, 6.45) is 0.283. The Labute approximate surface area is 116 Å². The van der Waals surface area contributed by atoms with Gasteiger partial charge in [0, 0.05) is 0 Å². The fourth-order valence-corrected chi connectivity index (χ4v) is 1.80. The molecule has 2 N–H and O–H groups in total. The molecule has 0 aliphatic heterocycles. The Morgan fingerprint density at radius 2 is 2.10 bits per heavy atom. The van der Waals surface area contributed by atoms with Crippen molar-refractivity contribution in [1.82, 2.24) is 25.9 Å². The molecule has 7 nitrogen and oxygen atoms in total. The van der Waals surface area contributed by atoms with Crippen LogP contribution in [0.15, 0.2) is 18.2 Å². The van der Waals surface area contributed by atoms with Gasteiger partial charge < -0.3 is 10.1 Å². The second kappa shape index (κ2) is 6.65. The largest absolute Gasteiger partial charge is 0.493 e. The molecular formula is C13H17N5O2. The molecule has 0 aliphatic carbocycles. The van der Waals surface area contributed by atoms with Crippen molar-refractivity contribution in [3.8, 4) is 5.75 Å². The van der Waals surface area contributed by atoms with Gasteiger partial charge in [0.2, 0.25) is 5.91 Å². The maximum absolute atomic E-state index is 11.6.